The predicted octanol–water partition coefficient (Wildman–Crippen LogP) is 4.10. The van der Waals surface area contributed by atoms with Gasteiger partial charge in [-0.2, -0.15) is 0 Å². The number of hydrogen-bond acceptors (Lipinski definition) is 2. The number of halogens is 5. The Kier molecular flexibility index (Phi) is 4.63. The van der Waals surface area contributed by atoms with Crippen molar-refractivity contribution >= 4 is 43.5 Å². The van der Waals surface area contributed by atoms with Gasteiger partial charge in [0.05, 0.1) is 5.69 Å². The van der Waals surface area contributed by atoms with E-state index in [0.29, 0.717) is 22.8 Å². The highest BCUT2D eigenvalue weighted by Gasteiger charge is 2.36. The summed E-state index contributed by atoms with van der Waals surface area (Å²) >= 11 is 6.48. The molecule has 1 aliphatic rings. The molecule has 0 spiro atoms. The maximum Gasteiger partial charge on any atom is 0.573 e. The van der Waals surface area contributed by atoms with Crippen LogP contribution in [0.1, 0.15) is 6.42 Å². The molecule has 2 rings (SSSR count). The predicted molar refractivity (Wildman–Crippen MR) is 75.1 cm³/mol. The average Bonchev–Trinajstić information content (AvgIpc) is 2.71. The summed E-state index contributed by atoms with van der Waals surface area (Å²) in [7, 11) is 0. The Bertz CT molecular complexity index is 522. The van der Waals surface area contributed by atoms with Crippen LogP contribution in [0.2, 0.25) is 0 Å². The van der Waals surface area contributed by atoms with Crippen LogP contribution in [0.3, 0.4) is 0 Å². The van der Waals surface area contributed by atoms with Gasteiger partial charge in [-0.1, -0.05) is 31.9 Å². The van der Waals surface area contributed by atoms with Crippen molar-refractivity contribution in [1.82, 2.24) is 0 Å². The van der Waals surface area contributed by atoms with E-state index in [1.54, 1.807) is 0 Å². The Morgan fingerprint density at radius 2 is 2.10 bits per heavy atom. The largest absolute Gasteiger partial charge is 0.573 e. The summed E-state index contributed by atoms with van der Waals surface area (Å²) in [5, 5.41) is 0.624. The first-order valence-electron chi connectivity index (χ1n) is 5.72. The first-order chi connectivity index (χ1) is 9.30. The van der Waals surface area contributed by atoms with Crippen molar-refractivity contribution in [3.05, 3.63) is 22.7 Å². The van der Waals surface area contributed by atoms with Crippen LogP contribution in [-0.4, -0.2) is 24.1 Å². The molecule has 0 N–H and O–H groups in total. The number of hydrogen-bond donors (Lipinski definition) is 0. The molecule has 3 nitrogen and oxygen atoms in total. The molecule has 1 aromatic rings. The quantitative estimate of drug-likeness (QED) is 0.694. The molecule has 1 unspecified atom stereocenters. The van der Waals surface area contributed by atoms with Gasteiger partial charge in [0.1, 0.15) is 0 Å². The van der Waals surface area contributed by atoms with E-state index in [-0.39, 0.29) is 23.3 Å². The zero-order valence-corrected chi connectivity index (χ0v) is 13.3. The molecule has 1 atom stereocenters. The van der Waals surface area contributed by atoms with E-state index >= 15 is 0 Å². The minimum Gasteiger partial charge on any atom is -0.404 e. The highest BCUT2D eigenvalue weighted by molar-refractivity contribution is 9.10. The molecule has 110 valence electrons. The van der Waals surface area contributed by atoms with Crippen LogP contribution in [0.4, 0.5) is 18.9 Å². The Morgan fingerprint density at radius 1 is 1.40 bits per heavy atom. The third kappa shape index (κ3) is 3.66. The first kappa shape index (κ1) is 15.6. The molecule has 1 aromatic carbocycles. The lowest BCUT2D eigenvalue weighted by atomic mass is 10.2. The van der Waals surface area contributed by atoms with Gasteiger partial charge in [-0.25, -0.2) is 0 Å². The van der Waals surface area contributed by atoms with Crippen molar-refractivity contribution in [2.75, 3.05) is 16.8 Å². The zero-order valence-electron chi connectivity index (χ0n) is 10.1. The fourth-order valence-corrected chi connectivity index (χ4v) is 2.81. The summed E-state index contributed by atoms with van der Waals surface area (Å²) in [6.45, 7) is 0.370. The van der Waals surface area contributed by atoms with E-state index < -0.39 is 6.36 Å². The highest BCUT2D eigenvalue weighted by atomic mass is 79.9. The molecule has 0 aromatic heterocycles. The van der Waals surface area contributed by atoms with Crippen molar-refractivity contribution in [2.45, 2.75) is 12.8 Å². The van der Waals surface area contributed by atoms with Gasteiger partial charge < -0.3 is 9.64 Å². The smallest absolute Gasteiger partial charge is 0.404 e. The second-order valence-electron chi connectivity index (χ2n) is 4.39. The Labute approximate surface area is 130 Å². The molecule has 0 bridgehead atoms. The van der Waals surface area contributed by atoms with Crippen molar-refractivity contribution in [3.8, 4) is 5.75 Å². The third-order valence-electron chi connectivity index (χ3n) is 2.86. The summed E-state index contributed by atoms with van der Waals surface area (Å²) in [5.41, 5.74) is 0.130. The fourth-order valence-electron chi connectivity index (χ4n) is 2.03. The maximum absolute atomic E-state index is 12.4. The molecule has 0 radical (unpaired) electrons. The summed E-state index contributed by atoms with van der Waals surface area (Å²) in [5.74, 6) is -0.496. The van der Waals surface area contributed by atoms with Crippen LogP contribution in [0.25, 0.3) is 0 Å². The van der Waals surface area contributed by atoms with Crippen molar-refractivity contribution in [1.29, 1.82) is 0 Å². The lowest BCUT2D eigenvalue weighted by molar-refractivity contribution is -0.274. The monoisotopic (exact) mass is 415 g/mol. The number of ether oxygens (including phenoxy) is 1. The second kappa shape index (κ2) is 5.93. The van der Waals surface area contributed by atoms with Gasteiger partial charge in [-0.05, 0) is 24.1 Å². The Balaban J connectivity index is 2.35. The zero-order chi connectivity index (χ0) is 14.9. The number of rotatable bonds is 3. The molecule has 1 saturated heterocycles. The minimum absolute atomic E-state index is 0.0835. The van der Waals surface area contributed by atoms with E-state index in [0.717, 1.165) is 0 Å². The number of nitrogens with zero attached hydrogens (tertiary/aromatic N) is 1. The van der Waals surface area contributed by atoms with Gasteiger partial charge in [0.25, 0.3) is 0 Å². The van der Waals surface area contributed by atoms with Crippen LogP contribution < -0.4 is 9.64 Å². The summed E-state index contributed by atoms with van der Waals surface area (Å²) in [6.07, 6.45) is -4.48. The molecule has 0 saturated carbocycles. The van der Waals surface area contributed by atoms with E-state index in [1.807, 2.05) is 0 Å². The Hall–Kier alpha value is -0.760. The van der Waals surface area contributed by atoms with Crippen LogP contribution in [0, 0.1) is 5.92 Å². The van der Waals surface area contributed by atoms with Gasteiger partial charge >= 0.3 is 6.36 Å². The molecule has 8 heteroatoms. The lowest BCUT2D eigenvalue weighted by Gasteiger charge is -2.21. The summed E-state index contributed by atoms with van der Waals surface area (Å²) < 4.78 is 41.8. The highest BCUT2D eigenvalue weighted by Crippen LogP contribution is 2.38. The standard InChI is InChI=1S/C12H10Br2F3NO2/c13-5-7-3-11(19)18(6-7)9-4-8(14)1-2-10(9)20-12(15,16)17/h1-2,4,7H,3,5-6H2. The topological polar surface area (TPSA) is 29.5 Å². The van der Waals surface area contributed by atoms with Gasteiger partial charge in [-0.15, -0.1) is 13.2 Å². The number of amides is 1. The van der Waals surface area contributed by atoms with E-state index in [9.17, 15) is 18.0 Å². The molecular weight excluding hydrogens is 407 g/mol. The van der Waals surface area contributed by atoms with E-state index in [1.165, 1.54) is 23.1 Å². The van der Waals surface area contributed by atoms with Crippen LogP contribution in [0.5, 0.6) is 5.75 Å². The first-order valence-corrected chi connectivity index (χ1v) is 7.63. The maximum atomic E-state index is 12.4. The number of carbonyl (C=O) groups is 1. The molecule has 1 fully saturated rings. The summed E-state index contributed by atoms with van der Waals surface area (Å²) in [6, 6.07) is 4.09. The third-order valence-corrected chi connectivity index (χ3v) is 4.27. The molecule has 1 heterocycles. The average molecular weight is 417 g/mol. The van der Waals surface area contributed by atoms with Gasteiger partial charge in [0.15, 0.2) is 5.75 Å². The normalized spacial score (nSPS) is 19.6. The van der Waals surface area contributed by atoms with Crippen LogP contribution in [-0.2, 0) is 4.79 Å². The van der Waals surface area contributed by atoms with Crippen molar-refractivity contribution < 1.29 is 22.7 Å². The SMILES string of the molecule is O=C1CC(CBr)CN1c1cc(Br)ccc1OC(F)(F)F. The van der Waals surface area contributed by atoms with Crippen LogP contribution >= 0.6 is 31.9 Å². The lowest BCUT2D eigenvalue weighted by Crippen LogP contribution is -2.27. The molecule has 0 aliphatic carbocycles. The number of anilines is 1. The van der Waals surface area contributed by atoms with Crippen molar-refractivity contribution in [3.63, 3.8) is 0 Å². The Morgan fingerprint density at radius 3 is 2.65 bits per heavy atom. The molecule has 1 amide bonds. The van der Waals surface area contributed by atoms with E-state index in [4.69, 9.17) is 0 Å². The van der Waals surface area contributed by atoms with Crippen LogP contribution in [0.15, 0.2) is 22.7 Å². The fraction of sp³-hybridized carbons (Fsp3) is 0.417. The van der Waals surface area contributed by atoms with Gasteiger partial charge in [0, 0.05) is 22.8 Å². The molecule has 1 aliphatic heterocycles. The minimum atomic E-state index is -4.79. The number of carbonyl (C=O) groups excluding carboxylic acids is 1. The second-order valence-corrected chi connectivity index (χ2v) is 5.95. The van der Waals surface area contributed by atoms with Crippen molar-refractivity contribution in [2.24, 2.45) is 5.92 Å². The summed E-state index contributed by atoms with van der Waals surface area (Å²) in [4.78, 5) is 13.3. The molecule has 20 heavy (non-hydrogen) atoms. The van der Waals surface area contributed by atoms with Gasteiger partial charge in [0.2, 0.25) is 5.91 Å². The molecular formula is C12H10Br2F3NO2. The van der Waals surface area contributed by atoms with E-state index in [2.05, 4.69) is 36.6 Å². The number of benzene rings is 1. The van der Waals surface area contributed by atoms with Gasteiger partial charge in [-0.3, -0.25) is 4.79 Å². The number of alkyl halides is 4.